The second-order valence-corrected chi connectivity index (χ2v) is 7.60. The van der Waals surface area contributed by atoms with Crippen LogP contribution in [0.4, 0.5) is 0 Å². The molecule has 0 aromatic heterocycles. The summed E-state index contributed by atoms with van der Waals surface area (Å²) in [6, 6.07) is 24.7. The largest absolute Gasteiger partial charge is 0.493 e. The Kier molecular flexibility index (Phi) is 7.20. The first kappa shape index (κ1) is 23.0. The molecule has 34 heavy (non-hydrogen) atoms. The number of amides is 1. The third-order valence-electron chi connectivity index (χ3n) is 5.02. The summed E-state index contributed by atoms with van der Waals surface area (Å²) in [5.74, 6) is -0.256. The number of carbonyl (C=O) groups is 2. The van der Waals surface area contributed by atoms with E-state index in [0.29, 0.717) is 28.5 Å². The van der Waals surface area contributed by atoms with Gasteiger partial charge in [0.25, 0.3) is 5.91 Å². The zero-order valence-electron chi connectivity index (χ0n) is 18.3. The normalized spacial score (nSPS) is 10.9. The Labute approximate surface area is 201 Å². The molecule has 1 amide bonds. The summed E-state index contributed by atoms with van der Waals surface area (Å²) in [6.45, 7) is 2.28. The maximum Gasteiger partial charge on any atom is 0.345 e. The number of hydrogen-bond acceptors (Lipinski definition) is 5. The Morgan fingerprint density at radius 3 is 2.38 bits per heavy atom. The molecule has 0 atom stereocenters. The Balaban J connectivity index is 1.63. The van der Waals surface area contributed by atoms with E-state index in [1.54, 1.807) is 54.6 Å². The van der Waals surface area contributed by atoms with Crippen LogP contribution in [0.1, 0.15) is 33.2 Å². The molecule has 7 heteroatoms. The van der Waals surface area contributed by atoms with Gasteiger partial charge in [-0.2, -0.15) is 5.10 Å². The zero-order chi connectivity index (χ0) is 23.9. The molecule has 4 aromatic rings. The van der Waals surface area contributed by atoms with Crippen LogP contribution in [0.15, 0.2) is 90.0 Å². The Hall–Kier alpha value is -4.16. The van der Waals surface area contributed by atoms with E-state index in [2.05, 4.69) is 10.5 Å². The molecule has 0 radical (unpaired) electrons. The van der Waals surface area contributed by atoms with E-state index in [0.717, 1.165) is 10.8 Å². The minimum Gasteiger partial charge on any atom is -0.493 e. The van der Waals surface area contributed by atoms with Gasteiger partial charge in [-0.3, -0.25) is 4.79 Å². The van der Waals surface area contributed by atoms with Gasteiger partial charge in [-0.1, -0.05) is 66.2 Å². The fraction of sp³-hybridized carbons (Fsp3) is 0.0741. The lowest BCUT2D eigenvalue weighted by Gasteiger charge is -2.11. The highest BCUT2D eigenvalue weighted by molar-refractivity contribution is 6.33. The fourth-order valence-electron chi connectivity index (χ4n) is 3.43. The quantitative estimate of drug-likeness (QED) is 0.158. The van der Waals surface area contributed by atoms with Crippen LogP contribution in [0, 0.1) is 0 Å². The molecule has 0 saturated heterocycles. The van der Waals surface area contributed by atoms with E-state index >= 15 is 0 Å². The molecular weight excluding hydrogens is 452 g/mol. The monoisotopic (exact) mass is 472 g/mol. The van der Waals surface area contributed by atoms with Crippen LogP contribution in [-0.2, 0) is 0 Å². The zero-order valence-corrected chi connectivity index (χ0v) is 19.1. The van der Waals surface area contributed by atoms with Crippen LogP contribution in [-0.4, -0.2) is 24.7 Å². The third kappa shape index (κ3) is 5.08. The lowest BCUT2D eigenvalue weighted by molar-refractivity contribution is 0.0734. The maximum absolute atomic E-state index is 12.8. The SMILES string of the molecule is CCOc1ccccc1C(=O)N/N=C\c1c(OC(=O)c2ccccc2Cl)ccc2ccccc12. The van der Waals surface area contributed by atoms with Crippen molar-refractivity contribution in [3.05, 3.63) is 107 Å². The van der Waals surface area contributed by atoms with Crippen LogP contribution in [0.3, 0.4) is 0 Å². The van der Waals surface area contributed by atoms with Gasteiger partial charge in [0.1, 0.15) is 11.5 Å². The lowest BCUT2D eigenvalue weighted by atomic mass is 10.0. The van der Waals surface area contributed by atoms with Crippen molar-refractivity contribution in [2.45, 2.75) is 6.92 Å². The number of carbonyl (C=O) groups excluding carboxylic acids is 2. The van der Waals surface area contributed by atoms with Crippen molar-refractivity contribution in [2.75, 3.05) is 6.61 Å². The van der Waals surface area contributed by atoms with Crippen molar-refractivity contribution in [1.29, 1.82) is 0 Å². The van der Waals surface area contributed by atoms with E-state index in [9.17, 15) is 9.59 Å². The first-order valence-electron chi connectivity index (χ1n) is 10.6. The number of para-hydroxylation sites is 1. The second kappa shape index (κ2) is 10.6. The summed E-state index contributed by atoms with van der Waals surface area (Å²) >= 11 is 6.15. The number of halogens is 1. The first-order chi connectivity index (χ1) is 16.6. The van der Waals surface area contributed by atoms with Crippen LogP contribution in [0.2, 0.25) is 5.02 Å². The van der Waals surface area contributed by atoms with E-state index < -0.39 is 11.9 Å². The van der Waals surface area contributed by atoms with E-state index in [-0.39, 0.29) is 11.3 Å². The summed E-state index contributed by atoms with van der Waals surface area (Å²) < 4.78 is 11.2. The number of nitrogens with one attached hydrogen (secondary N) is 1. The number of nitrogens with zero attached hydrogens (tertiary/aromatic N) is 1. The molecule has 0 bridgehead atoms. The molecule has 1 N–H and O–H groups in total. The van der Waals surface area contributed by atoms with Crippen molar-refractivity contribution >= 4 is 40.5 Å². The van der Waals surface area contributed by atoms with Crippen LogP contribution in [0.5, 0.6) is 11.5 Å². The molecule has 0 saturated carbocycles. The number of hydrogen-bond donors (Lipinski definition) is 1. The van der Waals surface area contributed by atoms with E-state index in [4.69, 9.17) is 21.1 Å². The van der Waals surface area contributed by atoms with Crippen LogP contribution < -0.4 is 14.9 Å². The minimum atomic E-state index is -0.592. The predicted molar refractivity (Wildman–Crippen MR) is 133 cm³/mol. The molecule has 0 aliphatic heterocycles. The van der Waals surface area contributed by atoms with E-state index in [1.807, 2.05) is 37.3 Å². The Bertz CT molecular complexity index is 1380. The molecule has 0 fully saturated rings. The van der Waals surface area contributed by atoms with Gasteiger partial charge >= 0.3 is 5.97 Å². The number of benzene rings is 4. The standard InChI is InChI=1S/C27H21ClN2O4/c1-2-33-24-14-8-6-12-21(24)26(31)30-29-17-22-19-10-4-3-9-18(19)15-16-25(22)34-27(32)20-11-5-7-13-23(20)28/h3-17H,2H2,1H3,(H,30,31)/b29-17-. The Morgan fingerprint density at radius 2 is 1.59 bits per heavy atom. The highest BCUT2D eigenvalue weighted by atomic mass is 35.5. The van der Waals surface area contributed by atoms with Gasteiger partial charge in [-0.15, -0.1) is 0 Å². The van der Waals surface area contributed by atoms with Gasteiger partial charge in [-0.25, -0.2) is 10.2 Å². The maximum atomic E-state index is 12.8. The van der Waals surface area contributed by atoms with Gasteiger partial charge in [0, 0.05) is 5.56 Å². The van der Waals surface area contributed by atoms with E-state index in [1.165, 1.54) is 6.21 Å². The van der Waals surface area contributed by atoms with Crippen LogP contribution >= 0.6 is 11.6 Å². The molecule has 0 unspecified atom stereocenters. The smallest absolute Gasteiger partial charge is 0.345 e. The summed E-state index contributed by atoms with van der Waals surface area (Å²) in [6.07, 6.45) is 1.46. The number of fused-ring (bicyclic) bond motifs is 1. The molecule has 0 aliphatic carbocycles. The van der Waals surface area contributed by atoms with Crippen molar-refractivity contribution < 1.29 is 19.1 Å². The topological polar surface area (TPSA) is 77.0 Å². The lowest BCUT2D eigenvalue weighted by Crippen LogP contribution is -2.19. The molecule has 170 valence electrons. The number of ether oxygens (including phenoxy) is 2. The molecule has 0 spiro atoms. The van der Waals surface area contributed by atoms with Crippen molar-refractivity contribution in [1.82, 2.24) is 5.43 Å². The van der Waals surface area contributed by atoms with Gasteiger partial charge in [-0.05, 0) is 48.0 Å². The van der Waals surface area contributed by atoms with Crippen molar-refractivity contribution in [3.8, 4) is 11.5 Å². The summed E-state index contributed by atoms with van der Waals surface area (Å²) in [5.41, 5.74) is 3.68. The predicted octanol–water partition coefficient (Wildman–Crippen LogP) is 5.88. The molecular formula is C27H21ClN2O4. The highest BCUT2D eigenvalue weighted by Crippen LogP contribution is 2.28. The number of hydrazone groups is 1. The fourth-order valence-corrected chi connectivity index (χ4v) is 3.64. The summed E-state index contributed by atoms with van der Waals surface area (Å²) in [5, 5.41) is 6.16. The van der Waals surface area contributed by atoms with Crippen LogP contribution in [0.25, 0.3) is 10.8 Å². The average Bonchev–Trinajstić information content (AvgIpc) is 2.85. The first-order valence-corrected chi connectivity index (χ1v) is 11.0. The summed E-state index contributed by atoms with van der Waals surface area (Å²) in [7, 11) is 0. The van der Waals surface area contributed by atoms with Crippen molar-refractivity contribution in [3.63, 3.8) is 0 Å². The minimum absolute atomic E-state index is 0.251. The molecule has 6 nitrogen and oxygen atoms in total. The average molecular weight is 473 g/mol. The van der Waals surface area contributed by atoms with Gasteiger partial charge < -0.3 is 9.47 Å². The molecule has 4 aromatic carbocycles. The number of esters is 1. The molecule has 4 rings (SSSR count). The molecule has 0 aliphatic rings. The second-order valence-electron chi connectivity index (χ2n) is 7.20. The number of rotatable bonds is 7. The third-order valence-corrected chi connectivity index (χ3v) is 5.35. The summed E-state index contributed by atoms with van der Waals surface area (Å²) in [4.78, 5) is 25.4. The molecule has 0 heterocycles. The highest BCUT2D eigenvalue weighted by Gasteiger charge is 2.16. The van der Waals surface area contributed by atoms with Crippen molar-refractivity contribution in [2.24, 2.45) is 5.10 Å². The van der Waals surface area contributed by atoms with Gasteiger partial charge in [0.2, 0.25) is 0 Å². The van der Waals surface area contributed by atoms with Gasteiger partial charge in [0.05, 0.1) is 29.0 Å². The van der Waals surface area contributed by atoms with Gasteiger partial charge in [0.15, 0.2) is 0 Å². The Morgan fingerprint density at radius 1 is 0.882 bits per heavy atom.